The first-order valence-electron chi connectivity index (χ1n) is 17.6. The van der Waals surface area contributed by atoms with Crippen molar-refractivity contribution in [3.63, 3.8) is 0 Å². The number of aryl methyl sites for hydroxylation is 4. The van der Waals surface area contributed by atoms with Crippen molar-refractivity contribution in [2.45, 2.75) is 34.1 Å². The van der Waals surface area contributed by atoms with Gasteiger partial charge in [-0.15, -0.1) is 0 Å². The predicted octanol–water partition coefficient (Wildman–Crippen LogP) is 10.2. The number of hydrogen-bond acceptors (Lipinski definition) is 1. The molecular formula is C47H35N2OTe. The molecule has 245 valence electrons. The van der Waals surface area contributed by atoms with Crippen LogP contribution in [0.15, 0.2) is 133 Å². The van der Waals surface area contributed by atoms with Gasteiger partial charge < -0.3 is 0 Å². The van der Waals surface area contributed by atoms with Gasteiger partial charge in [-0.25, -0.2) is 0 Å². The van der Waals surface area contributed by atoms with Crippen molar-refractivity contribution in [3.05, 3.63) is 166 Å². The summed E-state index contributed by atoms with van der Waals surface area (Å²) in [4.78, 5) is 13.7. The van der Waals surface area contributed by atoms with Gasteiger partial charge >= 0.3 is 308 Å². The number of ketones is 1. The number of fused-ring (bicyclic) bond motifs is 8. The van der Waals surface area contributed by atoms with Crippen LogP contribution < -0.4 is 3.61 Å². The summed E-state index contributed by atoms with van der Waals surface area (Å²) >= 11 is -0.727. The molecule has 1 radical (unpaired) electrons. The number of hydrogen-bond donors (Lipinski definition) is 0. The van der Waals surface area contributed by atoms with Gasteiger partial charge in [0, 0.05) is 0 Å². The summed E-state index contributed by atoms with van der Waals surface area (Å²) in [6.45, 7) is 8.90. The van der Waals surface area contributed by atoms with E-state index < -0.39 is 20.5 Å². The van der Waals surface area contributed by atoms with E-state index in [1.807, 2.05) is 12.1 Å². The second kappa shape index (κ2) is 11.4. The number of carbonyl (C=O) groups excluding carboxylic acids is 1. The van der Waals surface area contributed by atoms with E-state index in [1.165, 1.54) is 89.9 Å². The molecule has 0 amide bonds. The molecule has 0 unspecified atom stereocenters. The fourth-order valence-corrected chi connectivity index (χ4v) is 11.9. The van der Waals surface area contributed by atoms with Crippen molar-refractivity contribution in [1.29, 1.82) is 0 Å². The average molecular weight is 771 g/mol. The second-order valence-electron chi connectivity index (χ2n) is 14.0. The predicted molar refractivity (Wildman–Crippen MR) is 216 cm³/mol. The van der Waals surface area contributed by atoms with Gasteiger partial charge in [0.1, 0.15) is 0 Å². The number of para-hydroxylation sites is 4. The van der Waals surface area contributed by atoms with E-state index in [-0.39, 0.29) is 5.78 Å². The number of Topliss-reactive ketones (excluding diaryl/α,β-unsaturated/α-hetero) is 1. The molecule has 0 saturated heterocycles. The molecule has 0 fully saturated rings. The fourth-order valence-electron chi connectivity index (χ4n) is 8.62. The number of rotatable bonds is 3. The Morgan fingerprint density at radius 3 is 1.65 bits per heavy atom. The molecular weight excluding hydrogens is 736 g/mol. The molecule has 6 aromatic carbocycles. The third kappa shape index (κ3) is 4.43. The SMILES string of the molecule is Cc1cccc2c3cccc(C)c3n(-c3ccc(-n4c5c(C)cccc5c5cccc(C)c54)c(C4=CC5=[Te]c6ccccc6C(=O)C5=CC4)c3)c12. The minimum atomic E-state index is -0.727. The number of aromatic nitrogens is 2. The molecule has 2 aliphatic rings. The number of benzene rings is 6. The fraction of sp³-hybridized carbons (Fsp3) is 0.106. The number of carbonyl (C=O) groups is 1. The van der Waals surface area contributed by atoms with Crippen LogP contribution in [-0.4, -0.2) is 38.9 Å². The van der Waals surface area contributed by atoms with Crippen LogP contribution >= 0.6 is 0 Å². The van der Waals surface area contributed by atoms with Crippen LogP contribution in [0.25, 0.3) is 60.6 Å². The van der Waals surface area contributed by atoms with Gasteiger partial charge in [-0.1, -0.05) is 0 Å². The van der Waals surface area contributed by atoms with Gasteiger partial charge in [0.05, 0.1) is 0 Å². The molecule has 2 aromatic heterocycles. The van der Waals surface area contributed by atoms with Crippen LogP contribution in [-0.2, 0) is 0 Å². The third-order valence-electron chi connectivity index (χ3n) is 10.9. The van der Waals surface area contributed by atoms with E-state index in [0.29, 0.717) is 6.42 Å². The Kier molecular flexibility index (Phi) is 6.81. The molecule has 0 N–H and O–H groups in total. The Morgan fingerprint density at radius 1 is 0.549 bits per heavy atom. The summed E-state index contributed by atoms with van der Waals surface area (Å²) in [7, 11) is 0. The van der Waals surface area contributed by atoms with Gasteiger partial charge in [0.25, 0.3) is 0 Å². The summed E-state index contributed by atoms with van der Waals surface area (Å²) < 4.78 is 7.47. The first kappa shape index (κ1) is 30.5. The van der Waals surface area contributed by atoms with E-state index in [4.69, 9.17) is 0 Å². The standard InChI is InChI=1S/C47H35N2OTe/c1-27-11-7-16-33-34-17-8-12-28(2)44(34)48(43(27)33)32-22-24-40(49-45-29(3)13-9-18-35(45)36-19-10-14-30(4)46(36)49)39(26-32)31-21-23-38-42(25-31)51-41-20-6-5-15-37(41)47(38)50/h5-20,22-26H,21H2,1-4H3. The summed E-state index contributed by atoms with van der Waals surface area (Å²) in [6, 6.07) is 42.0. The van der Waals surface area contributed by atoms with Crippen LogP contribution in [0.1, 0.15) is 44.6 Å². The van der Waals surface area contributed by atoms with Crippen molar-refractivity contribution in [2.75, 3.05) is 0 Å². The minimum absolute atomic E-state index is 0.172. The van der Waals surface area contributed by atoms with Crippen molar-refractivity contribution in [3.8, 4) is 11.4 Å². The molecule has 1 aliphatic heterocycles. The summed E-state index contributed by atoms with van der Waals surface area (Å²) in [5.74, 6) is 0.172. The van der Waals surface area contributed by atoms with Gasteiger partial charge in [-0.3, -0.25) is 0 Å². The zero-order valence-corrected chi connectivity index (χ0v) is 31.4. The van der Waals surface area contributed by atoms with Crippen molar-refractivity contribution in [2.24, 2.45) is 0 Å². The van der Waals surface area contributed by atoms with Crippen LogP contribution in [0.3, 0.4) is 0 Å². The zero-order valence-electron chi connectivity index (χ0n) is 29.0. The summed E-state index contributed by atoms with van der Waals surface area (Å²) in [6.07, 6.45) is 5.29. The molecule has 0 bridgehead atoms. The monoisotopic (exact) mass is 773 g/mol. The van der Waals surface area contributed by atoms with Crippen molar-refractivity contribution in [1.82, 2.24) is 9.13 Å². The first-order valence-corrected chi connectivity index (χ1v) is 20.0. The molecule has 0 atom stereocenters. The van der Waals surface area contributed by atoms with Gasteiger partial charge in [0.15, 0.2) is 0 Å². The summed E-state index contributed by atoms with van der Waals surface area (Å²) in [5.41, 5.74) is 16.6. The molecule has 3 nitrogen and oxygen atoms in total. The van der Waals surface area contributed by atoms with Gasteiger partial charge in [-0.2, -0.15) is 0 Å². The molecule has 3 heterocycles. The topological polar surface area (TPSA) is 26.9 Å². The van der Waals surface area contributed by atoms with E-state index in [1.54, 1.807) is 0 Å². The molecule has 10 rings (SSSR count). The second-order valence-corrected chi connectivity index (χ2v) is 17.1. The first-order chi connectivity index (χ1) is 24.9. The molecule has 1 aliphatic carbocycles. The normalized spacial score (nSPS) is 14.2. The molecule has 0 spiro atoms. The number of allylic oxidation sites excluding steroid dienone is 4. The van der Waals surface area contributed by atoms with Gasteiger partial charge in [-0.05, 0) is 0 Å². The van der Waals surface area contributed by atoms with Crippen LogP contribution in [0, 0.1) is 27.7 Å². The molecule has 8 aromatic rings. The Hall–Kier alpha value is -5.27. The zero-order chi connectivity index (χ0) is 34.5. The van der Waals surface area contributed by atoms with Crippen LogP contribution in [0.4, 0.5) is 0 Å². The van der Waals surface area contributed by atoms with E-state index in [2.05, 4.69) is 152 Å². The molecule has 51 heavy (non-hydrogen) atoms. The Bertz CT molecular complexity index is 2830. The molecule has 0 saturated carbocycles. The Labute approximate surface area is 306 Å². The maximum atomic E-state index is 13.7. The van der Waals surface area contributed by atoms with E-state index in [0.717, 1.165) is 16.8 Å². The Balaban J connectivity index is 1.31. The van der Waals surface area contributed by atoms with E-state index in [9.17, 15) is 4.79 Å². The average Bonchev–Trinajstić information content (AvgIpc) is 3.68. The van der Waals surface area contributed by atoms with Crippen molar-refractivity contribution < 1.29 is 4.79 Å². The number of nitrogens with zero attached hydrogens (tertiary/aromatic N) is 2. The third-order valence-corrected chi connectivity index (χ3v) is 14.2. The van der Waals surface area contributed by atoms with E-state index >= 15 is 0 Å². The summed E-state index contributed by atoms with van der Waals surface area (Å²) in [5, 5.41) is 5.09. The van der Waals surface area contributed by atoms with Crippen molar-refractivity contribution >= 4 is 82.6 Å². The van der Waals surface area contributed by atoms with Crippen LogP contribution in [0.5, 0.6) is 0 Å². The quantitative estimate of drug-likeness (QED) is 0.164. The molecule has 4 heteroatoms. The Morgan fingerprint density at radius 2 is 1.08 bits per heavy atom. The van der Waals surface area contributed by atoms with Crippen LogP contribution in [0.2, 0.25) is 0 Å². The maximum absolute atomic E-state index is 13.7. The van der Waals surface area contributed by atoms with Gasteiger partial charge in [0.2, 0.25) is 0 Å².